The lowest BCUT2D eigenvalue weighted by Crippen LogP contribution is -2.46. The first kappa shape index (κ1) is 15.0. The SMILES string of the molecule is COC(C(=O)C1CCOC2(CCCC2)C1)C(C)(C)C. The minimum Gasteiger partial charge on any atom is -0.375 e. The summed E-state index contributed by atoms with van der Waals surface area (Å²) in [6, 6.07) is 0. The number of methoxy groups -OCH3 is 1. The van der Waals surface area contributed by atoms with E-state index in [4.69, 9.17) is 9.47 Å². The molecule has 0 aromatic rings. The van der Waals surface area contributed by atoms with E-state index in [-0.39, 0.29) is 28.8 Å². The van der Waals surface area contributed by atoms with E-state index in [1.54, 1.807) is 7.11 Å². The Morgan fingerprint density at radius 2 is 1.95 bits per heavy atom. The Kier molecular flexibility index (Phi) is 4.36. The molecule has 1 aliphatic heterocycles. The standard InChI is InChI=1S/C16H28O3/c1-15(2,3)14(18-4)13(17)12-7-10-19-16(11-12)8-5-6-9-16/h12,14H,5-11H2,1-4H3. The van der Waals surface area contributed by atoms with Crippen LogP contribution in [-0.4, -0.2) is 31.2 Å². The molecule has 0 aromatic carbocycles. The zero-order valence-electron chi connectivity index (χ0n) is 12.8. The first-order valence-corrected chi connectivity index (χ1v) is 7.58. The summed E-state index contributed by atoms with van der Waals surface area (Å²) in [6.07, 6.45) is 6.21. The molecule has 1 spiro atoms. The Morgan fingerprint density at radius 3 is 2.47 bits per heavy atom. The third-order valence-electron chi connectivity index (χ3n) is 4.69. The smallest absolute Gasteiger partial charge is 0.165 e. The molecule has 19 heavy (non-hydrogen) atoms. The molecule has 2 atom stereocenters. The molecular formula is C16H28O3. The van der Waals surface area contributed by atoms with Gasteiger partial charge < -0.3 is 9.47 Å². The molecule has 0 amide bonds. The van der Waals surface area contributed by atoms with Crippen LogP contribution in [0.3, 0.4) is 0 Å². The van der Waals surface area contributed by atoms with Crippen LogP contribution >= 0.6 is 0 Å². The minimum atomic E-state index is -0.297. The van der Waals surface area contributed by atoms with Crippen molar-refractivity contribution < 1.29 is 14.3 Å². The van der Waals surface area contributed by atoms with Crippen molar-refractivity contribution in [3.63, 3.8) is 0 Å². The fourth-order valence-electron chi connectivity index (χ4n) is 3.75. The van der Waals surface area contributed by atoms with Crippen molar-refractivity contribution >= 4 is 5.78 Å². The van der Waals surface area contributed by atoms with Gasteiger partial charge in [-0.2, -0.15) is 0 Å². The molecular weight excluding hydrogens is 240 g/mol. The van der Waals surface area contributed by atoms with Crippen molar-refractivity contribution in [3.8, 4) is 0 Å². The van der Waals surface area contributed by atoms with Crippen molar-refractivity contribution in [1.29, 1.82) is 0 Å². The quantitative estimate of drug-likeness (QED) is 0.787. The number of rotatable bonds is 3. The molecule has 1 saturated carbocycles. The highest BCUT2D eigenvalue weighted by Crippen LogP contribution is 2.43. The predicted molar refractivity (Wildman–Crippen MR) is 75.1 cm³/mol. The summed E-state index contributed by atoms with van der Waals surface area (Å²) < 4.78 is 11.5. The van der Waals surface area contributed by atoms with E-state index in [1.165, 1.54) is 12.8 Å². The van der Waals surface area contributed by atoms with Crippen LogP contribution in [0.1, 0.15) is 59.3 Å². The van der Waals surface area contributed by atoms with Crippen LogP contribution < -0.4 is 0 Å². The van der Waals surface area contributed by atoms with Gasteiger partial charge >= 0.3 is 0 Å². The molecule has 110 valence electrons. The predicted octanol–water partition coefficient (Wildman–Crippen LogP) is 3.36. The molecule has 2 rings (SSSR count). The molecule has 3 nitrogen and oxygen atoms in total. The van der Waals surface area contributed by atoms with Gasteiger partial charge in [0.05, 0.1) is 5.60 Å². The number of Topliss-reactive ketones (excluding diaryl/α,β-unsaturated/α-hetero) is 1. The second kappa shape index (κ2) is 5.53. The van der Waals surface area contributed by atoms with E-state index >= 15 is 0 Å². The fourth-order valence-corrected chi connectivity index (χ4v) is 3.75. The van der Waals surface area contributed by atoms with Crippen LogP contribution in [0.4, 0.5) is 0 Å². The molecule has 0 N–H and O–H groups in total. The molecule has 1 aliphatic carbocycles. The van der Waals surface area contributed by atoms with Crippen LogP contribution in [0.15, 0.2) is 0 Å². The van der Waals surface area contributed by atoms with Gasteiger partial charge in [-0.05, 0) is 31.1 Å². The van der Waals surface area contributed by atoms with Crippen molar-refractivity contribution in [2.24, 2.45) is 11.3 Å². The summed E-state index contributed by atoms with van der Waals surface area (Å²) in [5.41, 5.74) is -0.123. The van der Waals surface area contributed by atoms with E-state index in [0.29, 0.717) is 0 Å². The summed E-state index contributed by atoms with van der Waals surface area (Å²) in [6.45, 7) is 6.95. The van der Waals surface area contributed by atoms with Crippen molar-refractivity contribution in [2.75, 3.05) is 13.7 Å². The van der Waals surface area contributed by atoms with E-state index < -0.39 is 0 Å². The van der Waals surface area contributed by atoms with Crippen LogP contribution in [0, 0.1) is 11.3 Å². The largest absolute Gasteiger partial charge is 0.375 e. The Labute approximate surface area is 117 Å². The van der Waals surface area contributed by atoms with Crippen LogP contribution in [-0.2, 0) is 14.3 Å². The highest BCUT2D eigenvalue weighted by atomic mass is 16.5. The topological polar surface area (TPSA) is 35.5 Å². The van der Waals surface area contributed by atoms with Crippen molar-refractivity contribution in [3.05, 3.63) is 0 Å². The second-order valence-electron chi connectivity index (χ2n) is 7.31. The summed E-state index contributed by atoms with van der Waals surface area (Å²) in [4.78, 5) is 12.7. The normalized spacial score (nSPS) is 28.5. The van der Waals surface area contributed by atoms with Gasteiger partial charge in [0.15, 0.2) is 5.78 Å². The number of ketones is 1. The molecule has 1 saturated heterocycles. The van der Waals surface area contributed by atoms with Crippen LogP contribution in [0.2, 0.25) is 0 Å². The Hall–Kier alpha value is -0.410. The lowest BCUT2D eigenvalue weighted by molar-refractivity contribution is -0.151. The van der Waals surface area contributed by atoms with E-state index in [1.807, 2.05) is 0 Å². The van der Waals surface area contributed by atoms with Crippen LogP contribution in [0.25, 0.3) is 0 Å². The molecule has 1 heterocycles. The number of hydrogen-bond acceptors (Lipinski definition) is 3. The number of hydrogen-bond donors (Lipinski definition) is 0. The maximum Gasteiger partial charge on any atom is 0.165 e. The monoisotopic (exact) mass is 268 g/mol. The van der Waals surface area contributed by atoms with Gasteiger partial charge in [-0.25, -0.2) is 0 Å². The average Bonchev–Trinajstić information content (AvgIpc) is 2.76. The molecule has 2 fully saturated rings. The zero-order valence-corrected chi connectivity index (χ0v) is 12.8. The molecule has 3 heteroatoms. The van der Waals surface area contributed by atoms with Gasteiger partial charge in [-0.15, -0.1) is 0 Å². The molecule has 0 aromatic heterocycles. The van der Waals surface area contributed by atoms with Gasteiger partial charge in [0, 0.05) is 19.6 Å². The second-order valence-corrected chi connectivity index (χ2v) is 7.31. The molecule has 0 bridgehead atoms. The van der Waals surface area contributed by atoms with Crippen molar-refractivity contribution in [1.82, 2.24) is 0 Å². The first-order valence-electron chi connectivity index (χ1n) is 7.58. The lowest BCUT2D eigenvalue weighted by Gasteiger charge is -2.40. The maximum atomic E-state index is 12.7. The number of carbonyl (C=O) groups excluding carboxylic acids is 1. The van der Waals surface area contributed by atoms with E-state index in [9.17, 15) is 4.79 Å². The highest BCUT2D eigenvalue weighted by molar-refractivity contribution is 5.86. The molecule has 0 radical (unpaired) electrons. The minimum absolute atomic E-state index is 0.00868. The average molecular weight is 268 g/mol. The fraction of sp³-hybridized carbons (Fsp3) is 0.938. The Balaban J connectivity index is 2.06. The summed E-state index contributed by atoms with van der Waals surface area (Å²) >= 11 is 0. The van der Waals surface area contributed by atoms with Gasteiger partial charge in [-0.3, -0.25) is 4.79 Å². The lowest BCUT2D eigenvalue weighted by atomic mass is 9.76. The maximum absolute atomic E-state index is 12.7. The number of ether oxygens (including phenoxy) is 2. The number of carbonyl (C=O) groups is 1. The van der Waals surface area contributed by atoms with Crippen molar-refractivity contribution in [2.45, 2.75) is 71.0 Å². The van der Waals surface area contributed by atoms with Gasteiger partial charge in [0.2, 0.25) is 0 Å². The Bertz CT molecular complexity index is 323. The van der Waals surface area contributed by atoms with Gasteiger partial charge in [-0.1, -0.05) is 33.6 Å². The first-order chi connectivity index (χ1) is 8.88. The zero-order chi connectivity index (χ0) is 14.1. The van der Waals surface area contributed by atoms with Gasteiger partial charge in [0.25, 0.3) is 0 Å². The third kappa shape index (κ3) is 3.19. The van der Waals surface area contributed by atoms with E-state index in [2.05, 4.69) is 20.8 Å². The van der Waals surface area contributed by atoms with Crippen LogP contribution in [0.5, 0.6) is 0 Å². The summed E-state index contributed by atoms with van der Waals surface area (Å²) in [7, 11) is 1.65. The highest BCUT2D eigenvalue weighted by Gasteiger charge is 2.44. The van der Waals surface area contributed by atoms with Gasteiger partial charge in [0.1, 0.15) is 6.10 Å². The Morgan fingerprint density at radius 1 is 1.32 bits per heavy atom. The molecule has 2 unspecified atom stereocenters. The summed E-state index contributed by atoms with van der Waals surface area (Å²) in [5.74, 6) is 0.403. The third-order valence-corrected chi connectivity index (χ3v) is 4.69. The van der Waals surface area contributed by atoms with E-state index in [0.717, 1.165) is 32.3 Å². The molecule has 2 aliphatic rings. The summed E-state index contributed by atoms with van der Waals surface area (Å²) in [5, 5.41) is 0.